The van der Waals surface area contributed by atoms with Crippen molar-refractivity contribution in [3.05, 3.63) is 26.3 Å². The van der Waals surface area contributed by atoms with Crippen LogP contribution in [-0.4, -0.2) is 5.11 Å². The van der Waals surface area contributed by atoms with Crippen LogP contribution in [0.4, 0.5) is 0 Å². The van der Waals surface area contributed by atoms with E-state index in [1.165, 1.54) is 17.5 Å². The minimum absolute atomic E-state index is 0. The largest absolute Gasteiger partial charge is 0.506 e. The molecule has 1 aliphatic rings. The van der Waals surface area contributed by atoms with Gasteiger partial charge in [-0.1, -0.05) is 6.07 Å². The Morgan fingerprint density at radius 2 is 2.14 bits per heavy atom. The number of hydrogen-bond donors (Lipinski definition) is 2. The number of aryl methyl sites for hydroxylation is 1. The van der Waals surface area contributed by atoms with Gasteiger partial charge in [-0.05, 0) is 53.0 Å². The molecule has 2 rings (SSSR count). The lowest BCUT2D eigenvalue weighted by molar-refractivity contribution is 0.463. The van der Waals surface area contributed by atoms with Gasteiger partial charge in [0.25, 0.3) is 0 Å². The van der Waals surface area contributed by atoms with Crippen molar-refractivity contribution in [1.82, 2.24) is 0 Å². The van der Waals surface area contributed by atoms with Crippen molar-refractivity contribution in [2.45, 2.75) is 25.8 Å². The van der Waals surface area contributed by atoms with Crippen molar-refractivity contribution in [2.75, 3.05) is 0 Å². The minimum atomic E-state index is 0. The first-order chi connectivity index (χ1) is 6.24. The zero-order chi connectivity index (χ0) is 9.42. The van der Waals surface area contributed by atoms with E-state index in [-0.39, 0.29) is 12.4 Å². The maximum absolute atomic E-state index is 9.77. The smallest absolute Gasteiger partial charge is 0.133 e. The third-order valence-electron chi connectivity index (χ3n) is 2.61. The Morgan fingerprint density at radius 3 is 2.79 bits per heavy atom. The van der Waals surface area contributed by atoms with Gasteiger partial charge in [-0.3, -0.25) is 0 Å². The number of fused-ring (bicyclic) bond motifs is 1. The van der Waals surface area contributed by atoms with Gasteiger partial charge >= 0.3 is 0 Å². The molecule has 0 heterocycles. The van der Waals surface area contributed by atoms with Crippen molar-refractivity contribution >= 4 is 35.0 Å². The molecule has 78 valence electrons. The highest BCUT2D eigenvalue weighted by molar-refractivity contribution is 14.1. The zero-order valence-corrected chi connectivity index (χ0v) is 10.7. The third kappa shape index (κ3) is 1.85. The Labute approximate surface area is 103 Å². The van der Waals surface area contributed by atoms with E-state index in [0.29, 0.717) is 12.3 Å². The van der Waals surface area contributed by atoms with E-state index in [0.717, 1.165) is 22.0 Å². The Hall–Kier alpha value is -0.0000000000000000555. The van der Waals surface area contributed by atoms with Crippen LogP contribution in [0.25, 0.3) is 0 Å². The maximum atomic E-state index is 9.77. The summed E-state index contributed by atoms with van der Waals surface area (Å²) in [5.41, 5.74) is 9.14. The fourth-order valence-electron chi connectivity index (χ4n) is 1.90. The van der Waals surface area contributed by atoms with Crippen molar-refractivity contribution in [3.63, 3.8) is 0 Å². The lowest BCUT2D eigenvalue weighted by Gasteiger charge is -2.09. The van der Waals surface area contributed by atoms with Crippen molar-refractivity contribution in [1.29, 1.82) is 0 Å². The molecule has 0 aliphatic heterocycles. The highest BCUT2D eigenvalue weighted by atomic mass is 127. The van der Waals surface area contributed by atoms with E-state index in [4.69, 9.17) is 5.73 Å². The SMILES string of the molecule is Cl.NCc1cc2c(c(I)c1O)CCC2. The van der Waals surface area contributed by atoms with Gasteiger partial charge in [-0.25, -0.2) is 0 Å². The molecule has 0 spiro atoms. The molecule has 0 aromatic heterocycles. The number of phenolic OH excluding ortho intramolecular Hbond substituents is 1. The van der Waals surface area contributed by atoms with Crippen molar-refractivity contribution in [3.8, 4) is 5.75 Å². The molecule has 0 atom stereocenters. The number of phenols is 1. The van der Waals surface area contributed by atoms with Crippen molar-refractivity contribution in [2.24, 2.45) is 5.73 Å². The van der Waals surface area contributed by atoms with Gasteiger partial charge in [0.15, 0.2) is 0 Å². The number of nitrogens with two attached hydrogens (primary N) is 1. The molecular weight excluding hydrogens is 312 g/mol. The summed E-state index contributed by atoms with van der Waals surface area (Å²) in [5, 5.41) is 9.77. The quantitative estimate of drug-likeness (QED) is 0.779. The van der Waals surface area contributed by atoms with Crippen LogP contribution < -0.4 is 5.73 Å². The standard InChI is InChI=1S/C10H12INO.ClH/c11-9-8-3-1-2-6(8)4-7(5-12)10(9)13;/h4,13H,1-3,5,12H2;1H. The van der Waals surface area contributed by atoms with E-state index in [2.05, 4.69) is 28.7 Å². The van der Waals surface area contributed by atoms with E-state index in [1.54, 1.807) is 0 Å². The molecule has 0 amide bonds. The maximum Gasteiger partial charge on any atom is 0.133 e. The van der Waals surface area contributed by atoms with Crippen LogP contribution in [0, 0.1) is 3.57 Å². The summed E-state index contributed by atoms with van der Waals surface area (Å²) in [4.78, 5) is 0. The molecule has 0 radical (unpaired) electrons. The lowest BCUT2D eigenvalue weighted by atomic mass is 10.1. The Kier molecular flexibility index (Phi) is 4.04. The van der Waals surface area contributed by atoms with Crippen LogP contribution in [0.15, 0.2) is 6.07 Å². The molecule has 0 saturated heterocycles. The van der Waals surface area contributed by atoms with E-state index >= 15 is 0 Å². The molecule has 0 bridgehead atoms. The summed E-state index contributed by atoms with van der Waals surface area (Å²) in [7, 11) is 0. The van der Waals surface area contributed by atoms with E-state index in [1.807, 2.05) is 0 Å². The first-order valence-electron chi connectivity index (χ1n) is 4.46. The second-order valence-corrected chi connectivity index (χ2v) is 4.47. The fourth-order valence-corrected chi connectivity index (χ4v) is 2.86. The minimum Gasteiger partial charge on any atom is -0.506 e. The topological polar surface area (TPSA) is 46.2 Å². The van der Waals surface area contributed by atoms with Crippen LogP contribution >= 0.6 is 35.0 Å². The molecule has 3 N–H and O–H groups in total. The van der Waals surface area contributed by atoms with Crippen LogP contribution in [0.1, 0.15) is 23.1 Å². The van der Waals surface area contributed by atoms with Crippen LogP contribution in [0.5, 0.6) is 5.75 Å². The first-order valence-corrected chi connectivity index (χ1v) is 5.54. The Bertz CT molecular complexity index is 354. The average molecular weight is 326 g/mol. The predicted molar refractivity (Wildman–Crippen MR) is 68.0 cm³/mol. The summed E-state index contributed by atoms with van der Waals surface area (Å²) in [6.45, 7) is 0.426. The van der Waals surface area contributed by atoms with Gasteiger partial charge in [0.2, 0.25) is 0 Å². The van der Waals surface area contributed by atoms with Crippen LogP contribution in [0.3, 0.4) is 0 Å². The Balaban J connectivity index is 0.000000980. The molecule has 2 nitrogen and oxygen atoms in total. The molecule has 1 aromatic carbocycles. The monoisotopic (exact) mass is 325 g/mol. The molecular formula is C10H13ClINO. The summed E-state index contributed by atoms with van der Waals surface area (Å²) >= 11 is 2.21. The molecule has 14 heavy (non-hydrogen) atoms. The summed E-state index contributed by atoms with van der Waals surface area (Å²) in [6.07, 6.45) is 3.45. The fraction of sp³-hybridized carbons (Fsp3) is 0.400. The average Bonchev–Trinajstić information content (AvgIpc) is 2.59. The summed E-state index contributed by atoms with van der Waals surface area (Å²) in [5.74, 6) is 0.392. The van der Waals surface area contributed by atoms with Gasteiger partial charge in [-0.15, -0.1) is 12.4 Å². The normalized spacial score (nSPS) is 13.6. The van der Waals surface area contributed by atoms with Gasteiger partial charge in [-0.2, -0.15) is 0 Å². The number of aromatic hydroxyl groups is 1. The van der Waals surface area contributed by atoms with Crippen LogP contribution in [0.2, 0.25) is 0 Å². The second-order valence-electron chi connectivity index (χ2n) is 3.39. The van der Waals surface area contributed by atoms with Gasteiger partial charge in [0.1, 0.15) is 5.75 Å². The molecule has 4 heteroatoms. The van der Waals surface area contributed by atoms with E-state index in [9.17, 15) is 5.11 Å². The number of hydrogen-bond acceptors (Lipinski definition) is 2. The molecule has 0 unspecified atom stereocenters. The zero-order valence-electron chi connectivity index (χ0n) is 7.72. The van der Waals surface area contributed by atoms with Gasteiger partial charge in [0, 0.05) is 12.1 Å². The number of halogens is 2. The van der Waals surface area contributed by atoms with Gasteiger partial charge in [0.05, 0.1) is 3.57 Å². The summed E-state index contributed by atoms with van der Waals surface area (Å²) in [6, 6.07) is 2.06. The molecule has 0 fully saturated rings. The van der Waals surface area contributed by atoms with Crippen LogP contribution in [-0.2, 0) is 19.4 Å². The molecule has 1 aromatic rings. The lowest BCUT2D eigenvalue weighted by Crippen LogP contribution is -2.00. The second kappa shape index (κ2) is 4.68. The summed E-state index contributed by atoms with van der Waals surface area (Å²) < 4.78 is 1.01. The van der Waals surface area contributed by atoms with E-state index < -0.39 is 0 Å². The highest BCUT2D eigenvalue weighted by Crippen LogP contribution is 2.35. The third-order valence-corrected chi connectivity index (χ3v) is 3.77. The number of rotatable bonds is 1. The Morgan fingerprint density at radius 1 is 1.43 bits per heavy atom. The highest BCUT2D eigenvalue weighted by Gasteiger charge is 2.18. The molecule has 0 saturated carbocycles. The van der Waals surface area contributed by atoms with Gasteiger partial charge < -0.3 is 10.8 Å². The predicted octanol–water partition coefficient (Wildman–Crippen LogP) is 2.37. The number of benzene rings is 1. The first kappa shape index (κ1) is 12.1. The molecule has 1 aliphatic carbocycles. The van der Waals surface area contributed by atoms with Crippen molar-refractivity contribution < 1.29 is 5.11 Å².